The van der Waals surface area contributed by atoms with E-state index in [0.29, 0.717) is 17.9 Å². The lowest BCUT2D eigenvalue weighted by Crippen LogP contribution is -2.13. The molecule has 2 rings (SSSR count). The summed E-state index contributed by atoms with van der Waals surface area (Å²) in [5, 5.41) is 15.2. The van der Waals surface area contributed by atoms with Crippen LogP contribution in [0.1, 0.15) is 33.8 Å². The molecule has 0 atom stereocenters. The molecule has 0 saturated heterocycles. The van der Waals surface area contributed by atoms with Crippen LogP contribution in [0.25, 0.3) is 0 Å². The molecule has 0 saturated carbocycles. The summed E-state index contributed by atoms with van der Waals surface area (Å²) in [6.07, 6.45) is 0.424. The Hall–Kier alpha value is -2.58. The third kappa shape index (κ3) is 3.94. The number of nitrogens with zero attached hydrogens (tertiary/aromatic N) is 1. The zero-order valence-corrected chi connectivity index (χ0v) is 11.9. The van der Waals surface area contributed by atoms with Gasteiger partial charge in [0.05, 0.1) is 6.61 Å². The molecule has 2 N–H and O–H groups in total. The summed E-state index contributed by atoms with van der Waals surface area (Å²) in [6, 6.07) is 7.13. The summed E-state index contributed by atoms with van der Waals surface area (Å²) in [5.41, 5.74) is 2.62. The normalized spacial score (nSPS) is 9.86. The predicted octanol–water partition coefficient (Wildman–Crippen LogP) is 2.28. The minimum Gasteiger partial charge on any atom is -0.395 e. The lowest BCUT2D eigenvalue weighted by molar-refractivity contribution is 0.101. The Kier molecular flexibility index (Phi) is 4.75. The summed E-state index contributed by atoms with van der Waals surface area (Å²) in [7, 11) is 0. The number of aryl methyl sites for hydroxylation is 2. The Labute approximate surface area is 123 Å². The van der Waals surface area contributed by atoms with Crippen molar-refractivity contribution in [1.29, 1.82) is 0 Å². The average molecular weight is 284 g/mol. The van der Waals surface area contributed by atoms with E-state index in [1.807, 2.05) is 19.1 Å². The molecule has 0 aliphatic rings. The van der Waals surface area contributed by atoms with E-state index in [9.17, 15) is 4.79 Å². The zero-order chi connectivity index (χ0) is 15.2. The Morgan fingerprint density at radius 3 is 2.86 bits per heavy atom. The average Bonchev–Trinajstić information content (AvgIpc) is 2.89. The molecule has 108 valence electrons. The number of hydrogen-bond donors (Lipinski definition) is 2. The molecule has 0 unspecified atom stereocenters. The first-order valence-electron chi connectivity index (χ1n) is 6.55. The molecule has 5 heteroatoms. The molecule has 21 heavy (non-hydrogen) atoms. The Morgan fingerprint density at radius 1 is 1.38 bits per heavy atom. The van der Waals surface area contributed by atoms with Crippen LogP contribution in [0, 0.1) is 25.7 Å². The number of aliphatic hydroxyl groups is 1. The van der Waals surface area contributed by atoms with Crippen molar-refractivity contribution in [2.45, 2.75) is 20.3 Å². The second-order valence-corrected chi connectivity index (χ2v) is 4.58. The molecule has 0 aliphatic carbocycles. The van der Waals surface area contributed by atoms with Gasteiger partial charge in [-0.25, -0.2) is 0 Å². The molecule has 1 aromatic heterocycles. The molecule has 1 heterocycles. The van der Waals surface area contributed by atoms with Gasteiger partial charge in [-0.1, -0.05) is 23.1 Å². The first-order chi connectivity index (χ1) is 10.1. The Balaban J connectivity index is 2.17. The number of carbonyl (C=O) groups is 1. The van der Waals surface area contributed by atoms with Crippen LogP contribution < -0.4 is 5.32 Å². The maximum atomic E-state index is 12.0. The van der Waals surface area contributed by atoms with Gasteiger partial charge in [-0.2, -0.15) is 0 Å². The van der Waals surface area contributed by atoms with Crippen molar-refractivity contribution in [2.24, 2.45) is 0 Å². The Bertz CT molecular complexity index is 708. The second kappa shape index (κ2) is 6.73. The lowest BCUT2D eigenvalue weighted by Gasteiger charge is -2.07. The highest BCUT2D eigenvalue weighted by Crippen LogP contribution is 2.17. The standard InChI is InChI=1S/C16H16N2O3/c1-11-6-7-13(5-3-4-8-19)10-14(11)17-16(20)15-9-12(2)21-18-15/h6-7,9-10,19H,4,8H2,1-2H3,(H,17,20). The van der Waals surface area contributed by atoms with E-state index in [-0.39, 0.29) is 18.2 Å². The summed E-state index contributed by atoms with van der Waals surface area (Å²) < 4.78 is 4.89. The van der Waals surface area contributed by atoms with Gasteiger partial charge in [-0.15, -0.1) is 0 Å². The molecule has 0 aliphatic heterocycles. The van der Waals surface area contributed by atoms with Crippen LogP contribution in [0.4, 0.5) is 5.69 Å². The third-order valence-corrected chi connectivity index (χ3v) is 2.82. The molecule has 2 aromatic rings. The van der Waals surface area contributed by atoms with Crippen molar-refractivity contribution in [3.63, 3.8) is 0 Å². The Morgan fingerprint density at radius 2 is 2.19 bits per heavy atom. The first kappa shape index (κ1) is 14.8. The quantitative estimate of drug-likeness (QED) is 0.848. The summed E-state index contributed by atoms with van der Waals surface area (Å²) in [6.45, 7) is 3.66. The van der Waals surface area contributed by atoms with Gasteiger partial charge >= 0.3 is 0 Å². The van der Waals surface area contributed by atoms with E-state index in [1.165, 1.54) is 0 Å². The highest BCUT2D eigenvalue weighted by Gasteiger charge is 2.12. The fraction of sp³-hybridized carbons (Fsp3) is 0.250. The largest absolute Gasteiger partial charge is 0.395 e. The topological polar surface area (TPSA) is 75.4 Å². The summed E-state index contributed by atoms with van der Waals surface area (Å²) in [5.74, 6) is 6.04. The van der Waals surface area contributed by atoms with Crippen LogP contribution in [0.5, 0.6) is 0 Å². The van der Waals surface area contributed by atoms with E-state index < -0.39 is 0 Å². The van der Waals surface area contributed by atoms with Gasteiger partial charge in [0.1, 0.15) is 5.76 Å². The van der Waals surface area contributed by atoms with Gasteiger partial charge in [-0.05, 0) is 31.5 Å². The lowest BCUT2D eigenvalue weighted by atomic mass is 10.1. The highest BCUT2D eigenvalue weighted by atomic mass is 16.5. The monoisotopic (exact) mass is 284 g/mol. The fourth-order valence-corrected chi connectivity index (χ4v) is 1.71. The minimum atomic E-state index is -0.324. The van der Waals surface area contributed by atoms with Crippen molar-refractivity contribution < 1.29 is 14.4 Å². The molecule has 0 radical (unpaired) electrons. The number of hydrogen-bond acceptors (Lipinski definition) is 4. The number of aromatic nitrogens is 1. The number of benzene rings is 1. The molecular formula is C16H16N2O3. The molecule has 1 aromatic carbocycles. The van der Waals surface area contributed by atoms with E-state index in [1.54, 1.807) is 19.1 Å². The van der Waals surface area contributed by atoms with Crippen LogP contribution in [0.3, 0.4) is 0 Å². The van der Waals surface area contributed by atoms with E-state index in [2.05, 4.69) is 22.3 Å². The van der Waals surface area contributed by atoms with Gasteiger partial charge in [0.15, 0.2) is 5.69 Å². The van der Waals surface area contributed by atoms with Crippen LogP contribution in [0.2, 0.25) is 0 Å². The number of aliphatic hydroxyl groups excluding tert-OH is 1. The van der Waals surface area contributed by atoms with Crippen LogP contribution in [0.15, 0.2) is 28.8 Å². The number of carbonyl (C=O) groups excluding carboxylic acids is 1. The van der Waals surface area contributed by atoms with Crippen molar-refractivity contribution >= 4 is 11.6 Å². The van der Waals surface area contributed by atoms with Crippen molar-refractivity contribution in [1.82, 2.24) is 5.16 Å². The highest BCUT2D eigenvalue weighted by molar-refractivity contribution is 6.03. The summed E-state index contributed by atoms with van der Waals surface area (Å²) in [4.78, 5) is 12.0. The number of nitrogens with one attached hydrogen (secondary N) is 1. The van der Waals surface area contributed by atoms with Gasteiger partial charge in [-0.3, -0.25) is 4.79 Å². The minimum absolute atomic E-state index is 0.0357. The number of amides is 1. The maximum Gasteiger partial charge on any atom is 0.277 e. The number of rotatable bonds is 3. The molecule has 5 nitrogen and oxygen atoms in total. The van der Waals surface area contributed by atoms with Gasteiger partial charge in [0, 0.05) is 23.7 Å². The van der Waals surface area contributed by atoms with Crippen molar-refractivity contribution in [3.8, 4) is 11.8 Å². The number of anilines is 1. The van der Waals surface area contributed by atoms with E-state index >= 15 is 0 Å². The van der Waals surface area contributed by atoms with Crippen LogP contribution in [-0.4, -0.2) is 22.8 Å². The maximum absolute atomic E-state index is 12.0. The van der Waals surface area contributed by atoms with Crippen LogP contribution in [-0.2, 0) is 0 Å². The molecule has 0 spiro atoms. The van der Waals surface area contributed by atoms with Crippen LogP contribution >= 0.6 is 0 Å². The van der Waals surface area contributed by atoms with Gasteiger partial charge < -0.3 is 14.9 Å². The molecular weight excluding hydrogens is 268 g/mol. The molecule has 1 amide bonds. The molecule has 0 fully saturated rings. The second-order valence-electron chi connectivity index (χ2n) is 4.58. The predicted molar refractivity (Wildman–Crippen MR) is 79.0 cm³/mol. The summed E-state index contributed by atoms with van der Waals surface area (Å²) >= 11 is 0. The first-order valence-corrected chi connectivity index (χ1v) is 6.55. The fourth-order valence-electron chi connectivity index (χ4n) is 1.71. The zero-order valence-electron chi connectivity index (χ0n) is 11.9. The van der Waals surface area contributed by atoms with E-state index in [4.69, 9.17) is 9.63 Å². The van der Waals surface area contributed by atoms with Gasteiger partial charge in [0.25, 0.3) is 5.91 Å². The van der Waals surface area contributed by atoms with Crippen molar-refractivity contribution in [2.75, 3.05) is 11.9 Å². The third-order valence-electron chi connectivity index (χ3n) is 2.82. The smallest absolute Gasteiger partial charge is 0.277 e. The van der Waals surface area contributed by atoms with E-state index in [0.717, 1.165) is 11.1 Å². The van der Waals surface area contributed by atoms with Gasteiger partial charge in [0.2, 0.25) is 0 Å². The van der Waals surface area contributed by atoms with Crippen molar-refractivity contribution in [3.05, 3.63) is 46.8 Å². The SMILES string of the molecule is Cc1cc(C(=O)Nc2cc(C#CCCO)ccc2C)no1. The molecule has 0 bridgehead atoms.